The summed E-state index contributed by atoms with van der Waals surface area (Å²) >= 11 is 3.29. The highest BCUT2D eigenvalue weighted by molar-refractivity contribution is 9.10. The summed E-state index contributed by atoms with van der Waals surface area (Å²) in [7, 11) is 0. The zero-order valence-corrected chi connectivity index (χ0v) is 8.12. The van der Waals surface area contributed by atoms with E-state index in [1.807, 2.05) is 6.07 Å². The molecule has 2 heterocycles. The average molecular weight is 237 g/mol. The third-order valence-corrected chi connectivity index (χ3v) is 2.56. The SMILES string of the molecule is N#Cc1cn2ccnc2c(Br)c1N. The number of nitriles is 1. The highest BCUT2D eigenvalue weighted by Gasteiger charge is 2.08. The molecule has 0 radical (unpaired) electrons. The molecule has 0 unspecified atom stereocenters. The summed E-state index contributed by atoms with van der Waals surface area (Å²) in [5.74, 6) is 0. The fourth-order valence-electron chi connectivity index (χ4n) is 1.12. The molecule has 0 bridgehead atoms. The predicted molar refractivity (Wildman–Crippen MR) is 52.0 cm³/mol. The van der Waals surface area contributed by atoms with Crippen LogP contribution < -0.4 is 5.73 Å². The van der Waals surface area contributed by atoms with Crippen molar-refractivity contribution in [2.45, 2.75) is 0 Å². The van der Waals surface area contributed by atoms with Crippen LogP contribution in [-0.2, 0) is 0 Å². The van der Waals surface area contributed by atoms with Gasteiger partial charge in [-0.3, -0.25) is 0 Å². The maximum Gasteiger partial charge on any atom is 0.153 e. The van der Waals surface area contributed by atoms with Gasteiger partial charge >= 0.3 is 0 Å². The van der Waals surface area contributed by atoms with Crippen LogP contribution in [0.4, 0.5) is 5.69 Å². The number of anilines is 1. The van der Waals surface area contributed by atoms with E-state index in [1.165, 1.54) is 0 Å². The number of imidazole rings is 1. The Morgan fingerprint density at radius 1 is 1.62 bits per heavy atom. The van der Waals surface area contributed by atoms with Crippen molar-refractivity contribution in [2.75, 3.05) is 5.73 Å². The van der Waals surface area contributed by atoms with Crippen molar-refractivity contribution in [3.05, 3.63) is 28.6 Å². The van der Waals surface area contributed by atoms with E-state index in [1.54, 1.807) is 23.0 Å². The van der Waals surface area contributed by atoms with Gasteiger partial charge in [0.2, 0.25) is 0 Å². The number of hydrogen-bond acceptors (Lipinski definition) is 3. The van der Waals surface area contributed by atoms with Crippen molar-refractivity contribution >= 4 is 27.3 Å². The second-order valence-electron chi connectivity index (χ2n) is 2.54. The van der Waals surface area contributed by atoms with Crippen molar-refractivity contribution in [2.24, 2.45) is 0 Å². The van der Waals surface area contributed by atoms with Crippen LogP contribution in [0.5, 0.6) is 0 Å². The summed E-state index contributed by atoms with van der Waals surface area (Å²) in [5, 5.41) is 8.76. The van der Waals surface area contributed by atoms with Gasteiger partial charge in [-0.15, -0.1) is 0 Å². The summed E-state index contributed by atoms with van der Waals surface area (Å²) in [6.45, 7) is 0. The van der Waals surface area contributed by atoms with Crippen LogP contribution in [0.15, 0.2) is 23.1 Å². The highest BCUT2D eigenvalue weighted by Crippen LogP contribution is 2.26. The first kappa shape index (κ1) is 8.08. The molecule has 5 heteroatoms. The number of hydrogen-bond donors (Lipinski definition) is 1. The molecule has 2 aromatic rings. The number of rotatable bonds is 0. The van der Waals surface area contributed by atoms with E-state index in [9.17, 15) is 0 Å². The van der Waals surface area contributed by atoms with E-state index in [-0.39, 0.29) is 0 Å². The van der Waals surface area contributed by atoms with E-state index in [4.69, 9.17) is 11.0 Å². The molecule has 0 spiro atoms. The van der Waals surface area contributed by atoms with Gasteiger partial charge in [0.15, 0.2) is 5.65 Å². The first-order valence-corrected chi connectivity index (χ1v) is 4.34. The lowest BCUT2D eigenvalue weighted by molar-refractivity contribution is 1.17. The van der Waals surface area contributed by atoms with Crippen LogP contribution in [0.25, 0.3) is 5.65 Å². The summed E-state index contributed by atoms with van der Waals surface area (Å²) in [6, 6.07) is 2.01. The lowest BCUT2D eigenvalue weighted by Gasteiger charge is -2.02. The van der Waals surface area contributed by atoms with Crippen LogP contribution in [-0.4, -0.2) is 9.38 Å². The van der Waals surface area contributed by atoms with Crippen LogP contribution in [0.2, 0.25) is 0 Å². The fourth-order valence-corrected chi connectivity index (χ4v) is 1.64. The summed E-state index contributed by atoms with van der Waals surface area (Å²) in [5.41, 5.74) is 7.29. The Hall–Kier alpha value is -1.54. The quantitative estimate of drug-likeness (QED) is 0.755. The summed E-state index contributed by atoms with van der Waals surface area (Å²) in [6.07, 6.45) is 5.07. The van der Waals surface area contributed by atoms with Crippen molar-refractivity contribution in [1.29, 1.82) is 5.26 Å². The van der Waals surface area contributed by atoms with Gasteiger partial charge < -0.3 is 10.1 Å². The maximum absolute atomic E-state index is 8.76. The van der Waals surface area contributed by atoms with Crippen LogP contribution in [0.1, 0.15) is 5.56 Å². The molecule has 0 atom stereocenters. The van der Waals surface area contributed by atoms with Crippen LogP contribution in [0.3, 0.4) is 0 Å². The van der Waals surface area contributed by atoms with Gasteiger partial charge in [-0.05, 0) is 15.9 Å². The molecule has 0 saturated heterocycles. The normalized spacial score (nSPS) is 10.2. The minimum absolute atomic E-state index is 0.432. The predicted octanol–water partition coefficient (Wildman–Crippen LogP) is 1.55. The minimum atomic E-state index is 0.432. The third kappa shape index (κ3) is 1.07. The number of nitrogens with zero attached hydrogens (tertiary/aromatic N) is 3. The number of nitrogens with two attached hydrogens (primary N) is 1. The standard InChI is InChI=1S/C8H5BrN4/c9-6-7(11)5(3-10)4-13-2-1-12-8(6)13/h1-2,4H,11H2. The zero-order chi connectivity index (χ0) is 9.42. The molecular weight excluding hydrogens is 232 g/mol. The first-order chi connectivity index (χ1) is 6.24. The molecule has 0 fully saturated rings. The molecule has 0 aromatic carbocycles. The maximum atomic E-state index is 8.76. The number of fused-ring (bicyclic) bond motifs is 1. The van der Waals surface area contributed by atoms with E-state index in [0.717, 1.165) is 5.65 Å². The zero-order valence-electron chi connectivity index (χ0n) is 6.53. The van der Waals surface area contributed by atoms with E-state index < -0.39 is 0 Å². The second-order valence-corrected chi connectivity index (χ2v) is 3.33. The Kier molecular flexibility index (Phi) is 1.71. The molecule has 0 aliphatic rings. The van der Waals surface area contributed by atoms with Crippen molar-refractivity contribution < 1.29 is 0 Å². The smallest absolute Gasteiger partial charge is 0.153 e. The molecule has 0 saturated carbocycles. The molecule has 13 heavy (non-hydrogen) atoms. The van der Waals surface area contributed by atoms with Gasteiger partial charge in [-0.1, -0.05) is 0 Å². The Morgan fingerprint density at radius 2 is 2.38 bits per heavy atom. The molecule has 2 aromatic heterocycles. The molecule has 64 valence electrons. The van der Waals surface area contributed by atoms with Gasteiger partial charge in [0.25, 0.3) is 0 Å². The number of aromatic nitrogens is 2. The number of nitrogen functional groups attached to an aromatic ring is 1. The van der Waals surface area contributed by atoms with E-state index in [2.05, 4.69) is 20.9 Å². The van der Waals surface area contributed by atoms with Gasteiger partial charge in [0, 0.05) is 18.6 Å². The van der Waals surface area contributed by atoms with Crippen molar-refractivity contribution in [3.8, 4) is 6.07 Å². The Bertz CT molecular complexity index is 509. The Morgan fingerprint density at radius 3 is 3.08 bits per heavy atom. The third-order valence-electron chi connectivity index (χ3n) is 1.78. The largest absolute Gasteiger partial charge is 0.397 e. The van der Waals surface area contributed by atoms with Gasteiger partial charge in [-0.2, -0.15) is 5.26 Å². The lowest BCUT2D eigenvalue weighted by atomic mass is 10.2. The molecular formula is C8H5BrN4. The Balaban J connectivity index is 2.94. The number of halogens is 1. The van der Waals surface area contributed by atoms with Gasteiger partial charge in [-0.25, -0.2) is 4.98 Å². The monoisotopic (exact) mass is 236 g/mol. The topological polar surface area (TPSA) is 67.1 Å². The first-order valence-electron chi connectivity index (χ1n) is 3.55. The highest BCUT2D eigenvalue weighted by atomic mass is 79.9. The molecule has 0 aliphatic carbocycles. The molecule has 4 nitrogen and oxygen atoms in total. The fraction of sp³-hybridized carbons (Fsp3) is 0. The van der Waals surface area contributed by atoms with E-state index >= 15 is 0 Å². The van der Waals surface area contributed by atoms with E-state index in [0.29, 0.717) is 15.7 Å². The average Bonchev–Trinajstić information content (AvgIpc) is 2.59. The minimum Gasteiger partial charge on any atom is -0.397 e. The lowest BCUT2D eigenvalue weighted by Crippen LogP contribution is -1.96. The molecule has 2 N–H and O–H groups in total. The Labute approximate surface area is 82.7 Å². The molecule has 0 aliphatic heterocycles. The second kappa shape index (κ2) is 2.75. The summed E-state index contributed by atoms with van der Waals surface area (Å²) in [4.78, 5) is 4.08. The van der Waals surface area contributed by atoms with Crippen LogP contribution >= 0.6 is 15.9 Å². The van der Waals surface area contributed by atoms with Gasteiger partial charge in [0.05, 0.1) is 15.7 Å². The van der Waals surface area contributed by atoms with Crippen molar-refractivity contribution in [1.82, 2.24) is 9.38 Å². The van der Waals surface area contributed by atoms with Crippen LogP contribution in [0, 0.1) is 11.3 Å². The molecule has 0 amide bonds. The molecule has 2 rings (SSSR count). The van der Waals surface area contributed by atoms with Gasteiger partial charge in [0.1, 0.15) is 6.07 Å². The number of pyridine rings is 1. The van der Waals surface area contributed by atoms with Crippen molar-refractivity contribution in [3.63, 3.8) is 0 Å². The summed E-state index contributed by atoms with van der Waals surface area (Å²) < 4.78 is 2.41.